The highest BCUT2D eigenvalue weighted by atomic mass is 35.5. The van der Waals surface area contributed by atoms with Crippen LogP contribution in [-0.2, 0) is 0 Å². The van der Waals surface area contributed by atoms with E-state index in [9.17, 15) is 4.79 Å². The molecule has 0 spiro atoms. The standard InChI is InChI=1S/C11H13ClO4/c1-7(14)6-16-11-9(12)3-8(5-13)4-10(11)15-2/h3-5,7,14H,6H2,1-2H3. The number of carbonyl (C=O) groups excluding carboxylic acids is 1. The maximum Gasteiger partial charge on any atom is 0.179 e. The van der Waals surface area contributed by atoms with Crippen molar-refractivity contribution in [1.82, 2.24) is 0 Å². The van der Waals surface area contributed by atoms with Gasteiger partial charge in [0.05, 0.1) is 18.2 Å². The van der Waals surface area contributed by atoms with Crippen molar-refractivity contribution >= 4 is 17.9 Å². The summed E-state index contributed by atoms with van der Waals surface area (Å²) in [5.74, 6) is 0.700. The average Bonchev–Trinajstić information content (AvgIpc) is 2.26. The number of hydrogen-bond donors (Lipinski definition) is 1. The highest BCUT2D eigenvalue weighted by molar-refractivity contribution is 6.32. The molecule has 0 aliphatic heterocycles. The molecule has 0 aromatic heterocycles. The molecule has 0 aliphatic carbocycles. The quantitative estimate of drug-likeness (QED) is 0.804. The largest absolute Gasteiger partial charge is 0.493 e. The average molecular weight is 245 g/mol. The van der Waals surface area contributed by atoms with Crippen LogP contribution < -0.4 is 9.47 Å². The summed E-state index contributed by atoms with van der Waals surface area (Å²) in [5, 5.41) is 9.38. The van der Waals surface area contributed by atoms with Gasteiger partial charge in [0, 0.05) is 5.56 Å². The van der Waals surface area contributed by atoms with Crippen molar-refractivity contribution in [2.45, 2.75) is 13.0 Å². The SMILES string of the molecule is COc1cc(C=O)cc(Cl)c1OCC(C)O. The summed E-state index contributed by atoms with van der Waals surface area (Å²) >= 11 is 5.93. The van der Waals surface area contributed by atoms with Gasteiger partial charge in [-0.15, -0.1) is 0 Å². The van der Waals surface area contributed by atoms with Gasteiger partial charge in [-0.3, -0.25) is 4.79 Å². The van der Waals surface area contributed by atoms with E-state index in [-0.39, 0.29) is 11.6 Å². The van der Waals surface area contributed by atoms with Crippen molar-refractivity contribution in [3.8, 4) is 11.5 Å². The molecule has 0 saturated carbocycles. The number of rotatable bonds is 5. The molecule has 0 saturated heterocycles. The van der Waals surface area contributed by atoms with E-state index in [4.69, 9.17) is 26.2 Å². The van der Waals surface area contributed by atoms with Gasteiger partial charge in [0.25, 0.3) is 0 Å². The van der Waals surface area contributed by atoms with Gasteiger partial charge in [-0.25, -0.2) is 0 Å². The third-order valence-corrected chi connectivity index (χ3v) is 2.14. The number of hydrogen-bond acceptors (Lipinski definition) is 4. The Bertz CT molecular complexity index is 376. The molecule has 0 bridgehead atoms. The molecule has 0 amide bonds. The fourth-order valence-electron chi connectivity index (χ4n) is 1.15. The van der Waals surface area contributed by atoms with Gasteiger partial charge in [-0.2, -0.15) is 0 Å². The first kappa shape index (κ1) is 12.8. The van der Waals surface area contributed by atoms with Crippen molar-refractivity contribution in [2.75, 3.05) is 13.7 Å². The van der Waals surface area contributed by atoms with E-state index >= 15 is 0 Å². The summed E-state index contributed by atoms with van der Waals surface area (Å²) in [6, 6.07) is 3.00. The summed E-state index contributed by atoms with van der Waals surface area (Å²) < 4.78 is 10.3. The first-order valence-electron chi connectivity index (χ1n) is 4.72. The molecule has 0 heterocycles. The predicted octanol–water partition coefficient (Wildman–Crippen LogP) is 1.92. The monoisotopic (exact) mass is 244 g/mol. The molecule has 1 unspecified atom stereocenters. The van der Waals surface area contributed by atoms with Gasteiger partial charge in [-0.05, 0) is 19.1 Å². The predicted molar refractivity (Wildman–Crippen MR) is 60.6 cm³/mol. The summed E-state index contributed by atoms with van der Waals surface area (Å²) in [6.45, 7) is 1.71. The van der Waals surface area contributed by atoms with E-state index in [2.05, 4.69) is 0 Å². The summed E-state index contributed by atoms with van der Waals surface area (Å²) in [5.41, 5.74) is 0.409. The lowest BCUT2D eigenvalue weighted by Crippen LogP contribution is -2.13. The lowest BCUT2D eigenvalue weighted by Gasteiger charge is -2.13. The fraction of sp³-hybridized carbons (Fsp3) is 0.364. The van der Waals surface area contributed by atoms with E-state index in [1.807, 2.05) is 0 Å². The molecular weight excluding hydrogens is 232 g/mol. The van der Waals surface area contributed by atoms with Crippen LogP contribution >= 0.6 is 11.6 Å². The minimum atomic E-state index is -0.605. The second kappa shape index (κ2) is 5.72. The number of halogens is 1. The van der Waals surface area contributed by atoms with Crippen molar-refractivity contribution in [3.63, 3.8) is 0 Å². The number of ether oxygens (including phenoxy) is 2. The van der Waals surface area contributed by atoms with Gasteiger partial charge >= 0.3 is 0 Å². The Kier molecular flexibility index (Phi) is 4.58. The molecule has 16 heavy (non-hydrogen) atoms. The molecule has 1 atom stereocenters. The number of benzene rings is 1. The second-order valence-corrected chi connectivity index (χ2v) is 3.72. The van der Waals surface area contributed by atoms with Gasteiger partial charge in [0.1, 0.15) is 12.9 Å². The highest BCUT2D eigenvalue weighted by Crippen LogP contribution is 2.36. The minimum Gasteiger partial charge on any atom is -0.493 e. The van der Waals surface area contributed by atoms with Crippen LogP contribution in [0.3, 0.4) is 0 Å². The van der Waals surface area contributed by atoms with Crippen LogP contribution in [0, 0.1) is 0 Å². The van der Waals surface area contributed by atoms with Crippen LogP contribution in [0.5, 0.6) is 11.5 Å². The lowest BCUT2D eigenvalue weighted by molar-refractivity contribution is 0.112. The maximum atomic E-state index is 10.6. The highest BCUT2D eigenvalue weighted by Gasteiger charge is 2.12. The molecule has 0 radical (unpaired) electrons. The van der Waals surface area contributed by atoms with Crippen LogP contribution in [0.15, 0.2) is 12.1 Å². The summed E-state index contributed by atoms with van der Waals surface area (Å²) in [7, 11) is 1.45. The van der Waals surface area contributed by atoms with Crippen LogP contribution in [0.2, 0.25) is 5.02 Å². The van der Waals surface area contributed by atoms with Gasteiger partial charge in [-0.1, -0.05) is 11.6 Å². The molecule has 5 heteroatoms. The lowest BCUT2D eigenvalue weighted by atomic mass is 10.2. The Morgan fingerprint density at radius 1 is 1.56 bits per heavy atom. The zero-order chi connectivity index (χ0) is 12.1. The Labute approximate surface area is 98.7 Å². The zero-order valence-corrected chi connectivity index (χ0v) is 9.82. The van der Waals surface area contributed by atoms with Crippen molar-refractivity contribution < 1.29 is 19.4 Å². The molecule has 0 aliphatic rings. The fourth-order valence-corrected chi connectivity index (χ4v) is 1.43. The smallest absolute Gasteiger partial charge is 0.179 e. The first-order chi connectivity index (χ1) is 7.58. The molecule has 1 aromatic carbocycles. The molecule has 4 nitrogen and oxygen atoms in total. The van der Waals surface area contributed by atoms with Gasteiger partial charge in [0.15, 0.2) is 11.5 Å². The molecule has 1 rings (SSSR count). The van der Waals surface area contributed by atoms with Crippen LogP contribution in [0.25, 0.3) is 0 Å². The topological polar surface area (TPSA) is 55.8 Å². The Hall–Kier alpha value is -1.26. The van der Waals surface area contributed by atoms with Crippen LogP contribution in [-0.4, -0.2) is 31.2 Å². The number of aliphatic hydroxyl groups is 1. The maximum absolute atomic E-state index is 10.6. The molecular formula is C11H13ClO4. The van der Waals surface area contributed by atoms with E-state index in [1.54, 1.807) is 6.92 Å². The normalized spacial score (nSPS) is 12.0. The van der Waals surface area contributed by atoms with E-state index < -0.39 is 6.10 Å². The molecule has 1 aromatic rings. The third kappa shape index (κ3) is 3.12. The third-order valence-electron chi connectivity index (χ3n) is 1.86. The Balaban J connectivity index is 3.01. The van der Waals surface area contributed by atoms with Crippen molar-refractivity contribution in [3.05, 3.63) is 22.7 Å². The molecule has 1 N–H and O–H groups in total. The number of methoxy groups -OCH3 is 1. The van der Waals surface area contributed by atoms with Crippen molar-refractivity contribution in [2.24, 2.45) is 0 Å². The number of aldehydes is 1. The van der Waals surface area contributed by atoms with E-state index in [0.29, 0.717) is 23.3 Å². The van der Waals surface area contributed by atoms with E-state index in [1.165, 1.54) is 19.2 Å². The van der Waals surface area contributed by atoms with E-state index in [0.717, 1.165) is 0 Å². The minimum absolute atomic E-state index is 0.108. The summed E-state index contributed by atoms with van der Waals surface area (Å²) in [4.78, 5) is 10.6. The number of carbonyl (C=O) groups is 1. The zero-order valence-electron chi connectivity index (χ0n) is 9.07. The molecule has 0 fully saturated rings. The van der Waals surface area contributed by atoms with Crippen LogP contribution in [0.4, 0.5) is 0 Å². The Morgan fingerprint density at radius 2 is 2.25 bits per heavy atom. The Morgan fingerprint density at radius 3 is 2.75 bits per heavy atom. The molecule has 88 valence electrons. The first-order valence-corrected chi connectivity index (χ1v) is 5.09. The van der Waals surface area contributed by atoms with Gasteiger partial charge in [0.2, 0.25) is 0 Å². The summed E-state index contributed by atoms with van der Waals surface area (Å²) in [6.07, 6.45) is 0.0684. The van der Waals surface area contributed by atoms with Crippen LogP contribution in [0.1, 0.15) is 17.3 Å². The van der Waals surface area contributed by atoms with Gasteiger partial charge < -0.3 is 14.6 Å². The van der Waals surface area contributed by atoms with Crippen molar-refractivity contribution in [1.29, 1.82) is 0 Å². The number of aliphatic hydroxyl groups excluding tert-OH is 1. The second-order valence-electron chi connectivity index (χ2n) is 3.31.